The van der Waals surface area contributed by atoms with Crippen molar-refractivity contribution in [1.29, 1.82) is 0 Å². The first-order chi connectivity index (χ1) is 32.5. The van der Waals surface area contributed by atoms with Crippen LogP contribution in [0.3, 0.4) is 0 Å². The topological polar surface area (TPSA) is 188 Å². The first kappa shape index (κ1) is 44.8. The zero-order valence-corrected chi connectivity index (χ0v) is 38.8. The average Bonchev–Trinajstić information content (AvgIpc) is 4.17. The van der Waals surface area contributed by atoms with E-state index in [9.17, 15) is 19.0 Å². The molecule has 4 aliphatic heterocycles. The summed E-state index contributed by atoms with van der Waals surface area (Å²) in [6.45, 7) is 1.07. The van der Waals surface area contributed by atoms with Crippen LogP contribution in [0.2, 0.25) is 10.0 Å². The summed E-state index contributed by atoms with van der Waals surface area (Å²) in [6.07, 6.45) is 3.31. The van der Waals surface area contributed by atoms with Gasteiger partial charge in [-0.3, -0.25) is 0 Å². The van der Waals surface area contributed by atoms with Crippen molar-refractivity contribution in [3.05, 3.63) is 102 Å². The second-order valence-corrected chi connectivity index (χ2v) is 19.3. The minimum Gasteiger partial charge on any atom is -0.456 e. The third-order valence-corrected chi connectivity index (χ3v) is 14.5. The molecule has 15 nitrogen and oxygen atoms in total. The average molecular weight is 1020 g/mol. The predicted molar refractivity (Wildman–Crippen MR) is 242 cm³/mol. The minimum absolute atomic E-state index is 0.0220. The van der Waals surface area contributed by atoms with E-state index in [-0.39, 0.29) is 79.3 Å². The molecule has 350 valence electrons. The Labute approximate surface area is 400 Å². The first-order valence-electron chi connectivity index (χ1n) is 22.1. The van der Waals surface area contributed by atoms with Crippen LogP contribution in [0.5, 0.6) is 12.0 Å². The molecular weight excluding hydrogens is 981 g/mol. The maximum Gasteiger partial charge on any atom is 0.296 e. The summed E-state index contributed by atoms with van der Waals surface area (Å²) in [5, 5.41) is 20.8. The third-order valence-electron chi connectivity index (χ3n) is 13.4. The Kier molecular flexibility index (Phi) is 12.3. The molecule has 67 heavy (non-hydrogen) atoms. The number of methoxy groups -OCH3 is 1. The minimum atomic E-state index is -0.650. The van der Waals surface area contributed by atoms with Crippen molar-refractivity contribution >= 4 is 61.5 Å². The standard InChI is InChI=1S/C25H23ClFN3O5.C22H20BrClFN3O4/c1-32-5-4-12-6-13-2-3-14(21(13)16(27)7-12)8-17-15(26)9-18-24(28-17)30-25(29-18)35-20-11-34-22-19(31)10-33-23(20)22;23-11-3-9-1-2-10(18(9)13(25)5-11)4-14-12(24)6-15-21(26-14)28-22(27-15)32-17-8-31-19-16(29)7-30-20(17)19/h6-7,9,14,19-20,22-23,31H,2-3,8,10-11H2,1H3,(H,28,29,30);3,5-6,10,16-17,19-20,29H,1-2,4,7-8H2,(H,26,27,28)/t14-,19-,20-,22-,23-;10-,16-,17-,19-,20-/m11/s1. The molecule has 0 amide bonds. The Balaban J connectivity index is 0.000000148. The van der Waals surface area contributed by atoms with E-state index in [2.05, 4.69) is 57.9 Å². The number of hydrogen-bond donors (Lipinski definition) is 4. The van der Waals surface area contributed by atoms with Crippen LogP contribution in [-0.4, -0.2) is 122 Å². The Morgan fingerprint density at radius 2 is 1.18 bits per heavy atom. The van der Waals surface area contributed by atoms with Gasteiger partial charge in [0.2, 0.25) is 0 Å². The highest BCUT2D eigenvalue weighted by atomic mass is 79.9. The number of nitrogens with zero attached hydrogens (tertiary/aromatic N) is 4. The van der Waals surface area contributed by atoms with E-state index in [0.29, 0.717) is 87.0 Å². The second kappa shape index (κ2) is 18.3. The number of aromatic nitrogens is 6. The van der Waals surface area contributed by atoms with Crippen molar-refractivity contribution in [2.24, 2.45) is 0 Å². The van der Waals surface area contributed by atoms with Gasteiger partial charge in [0.15, 0.2) is 23.5 Å². The second-order valence-electron chi connectivity index (χ2n) is 17.6. The summed E-state index contributed by atoms with van der Waals surface area (Å²) in [6, 6.07) is 11.0. The number of aliphatic hydroxyl groups excluding tert-OH is 2. The van der Waals surface area contributed by atoms with Crippen LogP contribution in [0.25, 0.3) is 22.3 Å². The molecule has 0 saturated carbocycles. The number of benzene rings is 2. The fraction of sp³-hybridized carbons (Fsp3) is 0.447. The van der Waals surface area contributed by atoms with Gasteiger partial charge >= 0.3 is 0 Å². The zero-order chi connectivity index (χ0) is 46.1. The van der Waals surface area contributed by atoms with Gasteiger partial charge in [-0.05, 0) is 115 Å². The third kappa shape index (κ3) is 8.72. The largest absolute Gasteiger partial charge is 0.456 e. The van der Waals surface area contributed by atoms with Gasteiger partial charge in [0.1, 0.15) is 54.4 Å². The first-order valence-corrected chi connectivity index (χ1v) is 23.6. The molecule has 10 atom stereocenters. The van der Waals surface area contributed by atoms with Crippen LogP contribution in [0, 0.1) is 23.7 Å². The molecule has 8 heterocycles. The Bertz CT molecular complexity index is 2950. The number of pyridine rings is 2. The normalized spacial score (nSPS) is 27.9. The molecule has 12 rings (SSSR count). The van der Waals surface area contributed by atoms with E-state index < -0.39 is 12.2 Å². The monoisotopic (exact) mass is 1020 g/mol. The number of aliphatic hydroxyl groups is 2. The molecule has 6 aromatic rings. The lowest BCUT2D eigenvalue weighted by Gasteiger charge is -2.15. The summed E-state index contributed by atoms with van der Waals surface area (Å²) in [5.74, 6) is 2.33. The van der Waals surface area contributed by atoms with Crippen molar-refractivity contribution in [2.75, 3.05) is 33.5 Å². The van der Waals surface area contributed by atoms with E-state index in [1.807, 2.05) is 12.1 Å². The van der Waals surface area contributed by atoms with E-state index in [1.54, 1.807) is 12.1 Å². The van der Waals surface area contributed by atoms with Gasteiger partial charge in [-0.15, -0.1) is 0 Å². The smallest absolute Gasteiger partial charge is 0.296 e. The van der Waals surface area contributed by atoms with E-state index in [1.165, 1.54) is 19.2 Å². The molecule has 0 unspecified atom stereocenters. The molecule has 2 aromatic carbocycles. The highest BCUT2D eigenvalue weighted by Gasteiger charge is 2.50. The Hall–Kier alpha value is -4.68. The molecule has 4 aromatic heterocycles. The Morgan fingerprint density at radius 1 is 0.687 bits per heavy atom. The summed E-state index contributed by atoms with van der Waals surface area (Å²) in [7, 11) is 1.47. The summed E-state index contributed by atoms with van der Waals surface area (Å²) < 4.78 is 69.4. The number of rotatable bonds is 8. The van der Waals surface area contributed by atoms with Crippen LogP contribution in [0.1, 0.15) is 63.9 Å². The maximum atomic E-state index is 15.0. The Morgan fingerprint density at radius 3 is 1.70 bits per heavy atom. The number of hydrogen-bond acceptors (Lipinski definition) is 13. The lowest BCUT2D eigenvalue weighted by atomic mass is 9.94. The fourth-order valence-corrected chi connectivity index (χ4v) is 11.2. The number of aryl methyl sites for hydroxylation is 2. The molecule has 4 fully saturated rings. The summed E-state index contributed by atoms with van der Waals surface area (Å²) >= 11 is 16.4. The molecule has 6 aliphatic rings. The lowest BCUT2D eigenvalue weighted by Crippen LogP contribution is -2.34. The van der Waals surface area contributed by atoms with Crippen molar-refractivity contribution in [3.63, 3.8) is 0 Å². The highest BCUT2D eigenvalue weighted by Crippen LogP contribution is 2.42. The molecule has 4 saturated heterocycles. The van der Waals surface area contributed by atoms with Crippen molar-refractivity contribution < 1.29 is 52.2 Å². The SMILES string of the molecule is COC#Cc1cc(F)c2c(c1)CC[C@@H]2Cc1nc2nc(O[C@@H]3CO[C@H]4[C@@H]3OC[C@H]4O)[nH]c2cc1Cl.O[C@@H]1CO[C@H]2[C@@H]1OC[C@H]2Oc1nc2nc(C[C@H]3CCc4cc(Br)cc(F)c43)c(Cl)cc2[nH]1. The van der Waals surface area contributed by atoms with Gasteiger partial charge in [0.25, 0.3) is 12.0 Å². The zero-order valence-electron chi connectivity index (χ0n) is 35.7. The van der Waals surface area contributed by atoms with Crippen molar-refractivity contribution in [1.82, 2.24) is 29.9 Å². The van der Waals surface area contributed by atoms with Crippen molar-refractivity contribution in [2.45, 2.75) is 99.2 Å². The summed E-state index contributed by atoms with van der Waals surface area (Å²) in [5.41, 5.74) is 7.62. The predicted octanol–water partition coefficient (Wildman–Crippen LogP) is 6.58. The number of aromatic amines is 2. The van der Waals surface area contributed by atoms with Crippen LogP contribution >= 0.6 is 39.1 Å². The van der Waals surface area contributed by atoms with E-state index in [4.69, 9.17) is 56.4 Å². The summed E-state index contributed by atoms with van der Waals surface area (Å²) in [4.78, 5) is 24.4. The van der Waals surface area contributed by atoms with Gasteiger partial charge < -0.3 is 53.3 Å². The molecule has 4 N–H and O–H groups in total. The maximum absolute atomic E-state index is 15.0. The van der Waals surface area contributed by atoms with Crippen LogP contribution < -0.4 is 9.47 Å². The van der Waals surface area contributed by atoms with Gasteiger partial charge in [-0.2, -0.15) is 9.97 Å². The number of ether oxygens (including phenoxy) is 7. The molecule has 0 radical (unpaired) electrons. The van der Waals surface area contributed by atoms with Crippen molar-refractivity contribution in [3.8, 4) is 24.0 Å². The fourth-order valence-electron chi connectivity index (χ4n) is 10.3. The number of fused-ring (bicyclic) bond motifs is 6. The molecule has 2 aliphatic carbocycles. The molecule has 0 spiro atoms. The van der Waals surface area contributed by atoms with Gasteiger partial charge in [0, 0.05) is 10.0 Å². The van der Waals surface area contributed by atoms with Gasteiger partial charge in [-0.1, -0.05) is 39.1 Å². The number of imidazole rings is 2. The number of nitrogens with one attached hydrogen (secondary N) is 2. The van der Waals surface area contributed by atoms with Crippen LogP contribution in [0.15, 0.2) is 40.9 Å². The highest BCUT2D eigenvalue weighted by molar-refractivity contribution is 9.10. The lowest BCUT2D eigenvalue weighted by molar-refractivity contribution is 0.00703. The van der Waals surface area contributed by atoms with Crippen LogP contribution in [-0.2, 0) is 49.4 Å². The molecule has 20 heteroatoms. The van der Waals surface area contributed by atoms with Gasteiger partial charge in [0.05, 0.1) is 66.0 Å². The van der Waals surface area contributed by atoms with E-state index in [0.717, 1.165) is 46.8 Å². The molecule has 0 bridgehead atoms. The number of H-pyrrole nitrogens is 2. The van der Waals surface area contributed by atoms with E-state index >= 15 is 0 Å². The van der Waals surface area contributed by atoms with Crippen LogP contribution in [0.4, 0.5) is 8.78 Å². The quantitative estimate of drug-likeness (QED) is 0.120. The van der Waals surface area contributed by atoms with Gasteiger partial charge in [-0.25, -0.2) is 18.7 Å². The number of halogens is 5. The molecular formula is C47H43BrCl2F2N6O9.